The van der Waals surface area contributed by atoms with Crippen LogP contribution in [0, 0.1) is 13.8 Å². The maximum atomic E-state index is 13.1. The van der Waals surface area contributed by atoms with Gasteiger partial charge >= 0.3 is 0 Å². The molecule has 0 saturated carbocycles. The standard InChI is InChI=1S/C20H28N2O4S/c1-14-5-6-18-16(12-26-20(18)15(14)2)11-19(23)22(9-8-21(3)4)17-7-10-27(24,25)13-17/h5-6,12,17H,7-11,13H2,1-4H3/t17-/m1/s1. The van der Waals surface area contributed by atoms with Gasteiger partial charge in [-0.1, -0.05) is 12.1 Å². The van der Waals surface area contributed by atoms with E-state index in [1.54, 1.807) is 11.2 Å². The van der Waals surface area contributed by atoms with Gasteiger partial charge < -0.3 is 14.2 Å². The van der Waals surface area contributed by atoms with Crippen LogP contribution in [0.5, 0.6) is 0 Å². The molecule has 2 heterocycles. The maximum absolute atomic E-state index is 13.1. The van der Waals surface area contributed by atoms with Crippen LogP contribution in [-0.4, -0.2) is 68.9 Å². The van der Waals surface area contributed by atoms with Gasteiger partial charge in [0.15, 0.2) is 9.84 Å². The van der Waals surface area contributed by atoms with E-state index in [9.17, 15) is 13.2 Å². The van der Waals surface area contributed by atoms with Crippen LogP contribution in [0.25, 0.3) is 11.0 Å². The molecule has 0 unspecified atom stereocenters. The average Bonchev–Trinajstić information content (AvgIpc) is 3.15. The Morgan fingerprint density at radius 2 is 1.96 bits per heavy atom. The normalized spacial score (nSPS) is 19.1. The van der Waals surface area contributed by atoms with E-state index in [1.807, 2.05) is 45.0 Å². The van der Waals surface area contributed by atoms with Crippen LogP contribution >= 0.6 is 0 Å². The van der Waals surface area contributed by atoms with Gasteiger partial charge in [-0.15, -0.1) is 0 Å². The van der Waals surface area contributed by atoms with Crippen molar-refractivity contribution < 1.29 is 17.6 Å². The Hall–Kier alpha value is -1.86. The number of carbonyl (C=O) groups is 1. The first kappa shape index (κ1) is 19.9. The highest BCUT2D eigenvalue weighted by atomic mass is 32.2. The van der Waals surface area contributed by atoms with Gasteiger partial charge in [-0.2, -0.15) is 0 Å². The van der Waals surface area contributed by atoms with Gasteiger partial charge in [0.25, 0.3) is 0 Å². The zero-order valence-corrected chi connectivity index (χ0v) is 17.3. The predicted octanol–water partition coefficient (Wildman–Crippen LogP) is 2.17. The number of sulfone groups is 1. The molecule has 0 bridgehead atoms. The third kappa shape index (κ3) is 4.35. The molecular formula is C20H28N2O4S. The van der Waals surface area contributed by atoms with E-state index >= 15 is 0 Å². The summed E-state index contributed by atoms with van der Waals surface area (Å²) in [5.74, 6) is 0.188. The van der Waals surface area contributed by atoms with Crippen LogP contribution in [0.4, 0.5) is 0 Å². The van der Waals surface area contributed by atoms with Crippen molar-refractivity contribution in [3.05, 3.63) is 35.1 Å². The number of fused-ring (bicyclic) bond motifs is 1. The molecule has 1 amide bonds. The first-order valence-corrected chi connectivity index (χ1v) is 11.1. The molecule has 148 valence electrons. The number of nitrogens with zero attached hydrogens (tertiary/aromatic N) is 2. The number of furan rings is 1. The molecule has 1 aromatic carbocycles. The lowest BCUT2D eigenvalue weighted by Gasteiger charge is -2.29. The highest BCUT2D eigenvalue weighted by molar-refractivity contribution is 7.91. The van der Waals surface area contributed by atoms with E-state index in [0.717, 1.165) is 27.7 Å². The Balaban J connectivity index is 1.83. The predicted molar refractivity (Wildman–Crippen MR) is 107 cm³/mol. The Kier molecular flexibility index (Phi) is 5.63. The minimum Gasteiger partial charge on any atom is -0.464 e. The second-order valence-electron chi connectivity index (χ2n) is 7.77. The molecule has 3 rings (SSSR count). The van der Waals surface area contributed by atoms with E-state index in [1.165, 1.54) is 0 Å². The number of hydrogen-bond acceptors (Lipinski definition) is 5. The molecule has 6 nitrogen and oxygen atoms in total. The van der Waals surface area contributed by atoms with Crippen molar-refractivity contribution in [2.24, 2.45) is 0 Å². The fourth-order valence-corrected chi connectivity index (χ4v) is 5.36. The van der Waals surface area contributed by atoms with Crippen molar-refractivity contribution in [3.63, 3.8) is 0 Å². The quantitative estimate of drug-likeness (QED) is 0.753. The van der Waals surface area contributed by atoms with Gasteiger partial charge in [-0.3, -0.25) is 4.79 Å². The Morgan fingerprint density at radius 3 is 2.59 bits per heavy atom. The number of aryl methyl sites for hydroxylation is 2. The lowest BCUT2D eigenvalue weighted by atomic mass is 10.0. The zero-order chi connectivity index (χ0) is 19.8. The topological polar surface area (TPSA) is 70.8 Å². The summed E-state index contributed by atoms with van der Waals surface area (Å²) >= 11 is 0. The van der Waals surface area contributed by atoms with Crippen LogP contribution in [0.1, 0.15) is 23.1 Å². The molecule has 2 aromatic rings. The fraction of sp³-hybridized carbons (Fsp3) is 0.550. The third-order valence-corrected chi connectivity index (χ3v) is 7.19. The Bertz CT molecular complexity index is 946. The van der Waals surface area contributed by atoms with Crippen molar-refractivity contribution in [2.45, 2.75) is 32.7 Å². The van der Waals surface area contributed by atoms with Crippen LogP contribution in [-0.2, 0) is 21.1 Å². The summed E-state index contributed by atoms with van der Waals surface area (Å²) in [5.41, 5.74) is 3.91. The molecule has 1 aromatic heterocycles. The second-order valence-corrected chi connectivity index (χ2v) is 10.00. The minimum atomic E-state index is -3.05. The van der Waals surface area contributed by atoms with Gasteiger partial charge in [0.2, 0.25) is 5.91 Å². The largest absolute Gasteiger partial charge is 0.464 e. The number of benzene rings is 1. The second kappa shape index (κ2) is 7.64. The maximum Gasteiger partial charge on any atom is 0.227 e. The molecule has 1 saturated heterocycles. The van der Waals surface area contributed by atoms with E-state index in [0.29, 0.717) is 19.5 Å². The van der Waals surface area contributed by atoms with E-state index in [2.05, 4.69) is 0 Å². The van der Waals surface area contributed by atoms with Crippen LogP contribution in [0.2, 0.25) is 0 Å². The van der Waals surface area contributed by atoms with Gasteiger partial charge in [0.05, 0.1) is 24.2 Å². The molecule has 1 aliphatic rings. The zero-order valence-electron chi connectivity index (χ0n) is 16.5. The van der Waals surface area contributed by atoms with Crippen LogP contribution < -0.4 is 0 Å². The molecule has 1 fully saturated rings. The number of carbonyl (C=O) groups excluding carboxylic acids is 1. The summed E-state index contributed by atoms with van der Waals surface area (Å²) < 4.78 is 29.5. The molecule has 0 aliphatic carbocycles. The first-order valence-electron chi connectivity index (χ1n) is 9.29. The summed E-state index contributed by atoms with van der Waals surface area (Å²) in [4.78, 5) is 16.8. The summed E-state index contributed by atoms with van der Waals surface area (Å²) in [7, 11) is 0.849. The SMILES string of the molecule is Cc1ccc2c(CC(=O)N(CCN(C)C)[C@@H]3CCS(=O)(=O)C3)coc2c1C. The number of likely N-dealkylation sites (N-methyl/N-ethyl adjacent to an activating group) is 1. The molecular weight excluding hydrogens is 364 g/mol. The van der Waals surface area contributed by atoms with Crippen LogP contribution in [0.3, 0.4) is 0 Å². The van der Waals surface area contributed by atoms with Gasteiger partial charge in [0, 0.05) is 30.1 Å². The van der Waals surface area contributed by atoms with Gasteiger partial charge in [-0.25, -0.2) is 8.42 Å². The molecule has 0 spiro atoms. The highest BCUT2D eigenvalue weighted by Gasteiger charge is 2.34. The molecule has 0 radical (unpaired) electrons. The number of hydrogen-bond donors (Lipinski definition) is 0. The molecule has 7 heteroatoms. The highest BCUT2D eigenvalue weighted by Crippen LogP contribution is 2.27. The Morgan fingerprint density at radius 1 is 1.22 bits per heavy atom. The first-order chi connectivity index (χ1) is 12.7. The van der Waals surface area contributed by atoms with E-state index in [4.69, 9.17) is 4.42 Å². The molecule has 1 atom stereocenters. The van der Waals surface area contributed by atoms with E-state index < -0.39 is 9.84 Å². The summed E-state index contributed by atoms with van der Waals surface area (Å²) in [6.45, 7) is 5.28. The van der Waals surface area contributed by atoms with Crippen molar-refractivity contribution in [2.75, 3.05) is 38.7 Å². The molecule has 27 heavy (non-hydrogen) atoms. The minimum absolute atomic E-state index is 0.0418. The summed E-state index contributed by atoms with van der Waals surface area (Å²) in [6.07, 6.45) is 2.40. The summed E-state index contributed by atoms with van der Waals surface area (Å²) in [5, 5.41) is 0.957. The average molecular weight is 393 g/mol. The van der Waals surface area contributed by atoms with E-state index in [-0.39, 0.29) is 29.9 Å². The monoisotopic (exact) mass is 392 g/mol. The molecule has 1 aliphatic heterocycles. The lowest BCUT2D eigenvalue weighted by molar-refractivity contribution is -0.132. The van der Waals surface area contributed by atoms with Gasteiger partial charge in [0.1, 0.15) is 5.58 Å². The van der Waals surface area contributed by atoms with Crippen molar-refractivity contribution in [3.8, 4) is 0 Å². The number of rotatable bonds is 6. The number of amides is 1. The van der Waals surface area contributed by atoms with Crippen molar-refractivity contribution >= 4 is 26.7 Å². The van der Waals surface area contributed by atoms with Crippen LogP contribution in [0.15, 0.2) is 22.8 Å². The third-order valence-electron chi connectivity index (χ3n) is 5.44. The van der Waals surface area contributed by atoms with Gasteiger partial charge in [-0.05, 0) is 45.5 Å². The Labute approximate surface area is 161 Å². The fourth-order valence-electron chi connectivity index (χ4n) is 3.63. The summed E-state index contributed by atoms with van der Waals surface area (Å²) in [6, 6.07) is 3.80. The van der Waals surface area contributed by atoms with Crippen molar-refractivity contribution in [1.29, 1.82) is 0 Å². The molecule has 0 N–H and O–H groups in total. The smallest absolute Gasteiger partial charge is 0.227 e. The van der Waals surface area contributed by atoms with Crippen molar-refractivity contribution in [1.82, 2.24) is 9.80 Å². The lowest BCUT2D eigenvalue weighted by Crippen LogP contribution is -2.45.